The molecule has 1 fully saturated rings. The van der Waals surface area contributed by atoms with Crippen molar-refractivity contribution < 1.29 is 23.6 Å². The van der Waals surface area contributed by atoms with E-state index in [0.29, 0.717) is 33.6 Å². The quantitative estimate of drug-likeness (QED) is 0.394. The van der Waals surface area contributed by atoms with Gasteiger partial charge in [-0.3, -0.25) is 15.0 Å². The molecule has 0 aliphatic carbocycles. The van der Waals surface area contributed by atoms with Crippen LogP contribution in [-0.4, -0.2) is 47.8 Å². The molecule has 8 nitrogen and oxygen atoms in total. The van der Waals surface area contributed by atoms with Crippen LogP contribution >= 0.6 is 0 Å². The average molecular weight is 481 g/mol. The van der Waals surface area contributed by atoms with Gasteiger partial charge in [0, 0.05) is 27.8 Å². The van der Waals surface area contributed by atoms with Gasteiger partial charge in [0.05, 0.1) is 23.9 Å². The number of benzene rings is 2. The lowest BCUT2D eigenvalue weighted by Gasteiger charge is -2.36. The Balaban J connectivity index is 1.85. The lowest BCUT2D eigenvalue weighted by atomic mass is 9.77. The highest BCUT2D eigenvalue weighted by molar-refractivity contribution is 6.63. The van der Waals surface area contributed by atoms with E-state index >= 15 is 0 Å². The zero-order valence-electron chi connectivity index (χ0n) is 22.1. The summed E-state index contributed by atoms with van der Waals surface area (Å²) in [7, 11) is 0.915. The van der Waals surface area contributed by atoms with Crippen molar-refractivity contribution in [3.8, 4) is 5.75 Å². The third-order valence-electron chi connectivity index (χ3n) is 6.68. The van der Waals surface area contributed by atoms with Gasteiger partial charge in [-0.2, -0.15) is 0 Å². The standard InChI is InChI=1S/C26H36BN3O5/c1-16-18(11-10-12-21(16)33-9)23(32)30(24(2,3)4)29-22(31)17-13-14-19(20(28)15-17)27-34-25(5,6)26(7,8)35-27/h10-15H,28H2,1-9H3,(H,29,31). The smallest absolute Gasteiger partial charge is 0.496 e. The second-order valence-corrected chi connectivity index (χ2v) is 10.8. The van der Waals surface area contributed by atoms with Crippen LogP contribution in [-0.2, 0) is 9.31 Å². The van der Waals surface area contributed by atoms with Crippen LogP contribution in [0.4, 0.5) is 5.69 Å². The SMILES string of the molecule is COc1cccc(C(=O)N(NC(=O)c2ccc(B3OC(C)(C)C(C)(C)O3)c(N)c2)C(C)(C)C)c1C. The molecule has 0 radical (unpaired) electrons. The Labute approximate surface area is 208 Å². The Bertz CT molecular complexity index is 1120. The minimum atomic E-state index is -0.698. The monoisotopic (exact) mass is 481 g/mol. The molecule has 35 heavy (non-hydrogen) atoms. The van der Waals surface area contributed by atoms with Crippen LogP contribution < -0.4 is 21.4 Å². The van der Waals surface area contributed by atoms with Gasteiger partial charge < -0.3 is 19.8 Å². The van der Waals surface area contributed by atoms with Gasteiger partial charge in [0.25, 0.3) is 11.8 Å². The summed E-state index contributed by atoms with van der Waals surface area (Å²) >= 11 is 0. The maximum Gasteiger partial charge on any atom is 0.496 e. The van der Waals surface area contributed by atoms with E-state index in [2.05, 4.69) is 5.43 Å². The number of anilines is 1. The Morgan fingerprint density at radius 2 is 1.66 bits per heavy atom. The third kappa shape index (κ3) is 5.16. The number of nitrogens with two attached hydrogens (primary N) is 1. The van der Waals surface area contributed by atoms with Gasteiger partial charge in [-0.1, -0.05) is 12.1 Å². The van der Waals surface area contributed by atoms with E-state index in [1.165, 1.54) is 5.01 Å². The molecule has 2 aromatic carbocycles. The Hall–Kier alpha value is -3.04. The molecule has 0 atom stereocenters. The molecule has 0 saturated carbocycles. The van der Waals surface area contributed by atoms with E-state index in [9.17, 15) is 9.59 Å². The molecule has 9 heteroatoms. The van der Waals surface area contributed by atoms with Crippen LogP contribution in [0.2, 0.25) is 0 Å². The van der Waals surface area contributed by atoms with Crippen LogP contribution in [0, 0.1) is 6.92 Å². The predicted octanol–water partition coefficient (Wildman–Crippen LogP) is 3.47. The molecular weight excluding hydrogens is 445 g/mol. The van der Waals surface area contributed by atoms with Crippen molar-refractivity contribution >= 4 is 30.1 Å². The van der Waals surface area contributed by atoms with Crippen LogP contribution in [0.25, 0.3) is 0 Å². The van der Waals surface area contributed by atoms with Crippen molar-refractivity contribution in [3.05, 3.63) is 53.1 Å². The molecule has 188 valence electrons. The van der Waals surface area contributed by atoms with Gasteiger partial charge in [-0.05, 0) is 79.7 Å². The Morgan fingerprint density at radius 3 is 2.17 bits per heavy atom. The maximum atomic E-state index is 13.5. The topological polar surface area (TPSA) is 103 Å². The van der Waals surface area contributed by atoms with Crippen molar-refractivity contribution in [1.29, 1.82) is 0 Å². The zero-order chi connectivity index (χ0) is 26.3. The average Bonchev–Trinajstić information content (AvgIpc) is 2.97. The molecule has 0 spiro atoms. The summed E-state index contributed by atoms with van der Waals surface area (Å²) in [6.45, 7) is 15.2. The van der Waals surface area contributed by atoms with E-state index in [0.717, 1.165) is 0 Å². The minimum absolute atomic E-state index is 0.312. The molecule has 2 amide bonds. The number of hydrazine groups is 1. The first-order valence-electron chi connectivity index (χ1n) is 11.6. The number of nitrogens with one attached hydrogen (secondary N) is 1. The summed E-state index contributed by atoms with van der Waals surface area (Å²) in [5.41, 5.74) is 9.82. The fourth-order valence-electron chi connectivity index (χ4n) is 3.78. The zero-order valence-corrected chi connectivity index (χ0v) is 22.1. The van der Waals surface area contributed by atoms with E-state index in [1.54, 1.807) is 43.5 Å². The summed E-state index contributed by atoms with van der Waals surface area (Å²) in [5, 5.41) is 1.33. The van der Waals surface area contributed by atoms with Crippen LogP contribution in [0.3, 0.4) is 0 Å². The number of ether oxygens (including phenoxy) is 1. The largest absolute Gasteiger partial charge is 0.496 e. The molecule has 3 N–H and O–H groups in total. The van der Waals surface area contributed by atoms with Crippen LogP contribution in [0.5, 0.6) is 5.75 Å². The molecule has 0 aromatic heterocycles. The second-order valence-electron chi connectivity index (χ2n) is 10.8. The summed E-state index contributed by atoms with van der Waals surface area (Å²) in [6.07, 6.45) is 0. The Morgan fingerprint density at radius 1 is 1.06 bits per heavy atom. The van der Waals surface area contributed by atoms with Crippen molar-refractivity contribution in [1.82, 2.24) is 10.4 Å². The summed E-state index contributed by atoms with van der Waals surface area (Å²) < 4.78 is 17.5. The molecule has 1 heterocycles. The molecular formula is C26H36BN3O5. The number of rotatable bonds is 4. The van der Waals surface area contributed by atoms with Gasteiger partial charge in [0.1, 0.15) is 5.75 Å². The highest BCUT2D eigenvalue weighted by Gasteiger charge is 2.52. The van der Waals surface area contributed by atoms with Gasteiger partial charge in [0.15, 0.2) is 0 Å². The predicted molar refractivity (Wildman–Crippen MR) is 138 cm³/mol. The number of hydrogen-bond acceptors (Lipinski definition) is 6. The van der Waals surface area contributed by atoms with E-state index in [-0.39, 0.29) is 5.91 Å². The first kappa shape index (κ1) is 26.6. The number of nitrogens with zero attached hydrogens (tertiary/aromatic N) is 1. The number of hydrogen-bond donors (Lipinski definition) is 2. The third-order valence-corrected chi connectivity index (χ3v) is 6.68. The lowest BCUT2D eigenvalue weighted by Crippen LogP contribution is -2.56. The normalized spacial score (nSPS) is 16.7. The second kappa shape index (κ2) is 9.20. The number of carbonyl (C=O) groups is 2. The first-order valence-corrected chi connectivity index (χ1v) is 11.6. The fraction of sp³-hybridized carbons (Fsp3) is 0.462. The van der Waals surface area contributed by atoms with Gasteiger partial charge >= 0.3 is 7.12 Å². The van der Waals surface area contributed by atoms with E-state index in [1.807, 2.05) is 55.4 Å². The molecule has 2 aromatic rings. The molecule has 1 aliphatic heterocycles. The number of carbonyl (C=O) groups excluding carboxylic acids is 2. The van der Waals surface area contributed by atoms with Crippen LogP contribution in [0.15, 0.2) is 36.4 Å². The summed E-state index contributed by atoms with van der Waals surface area (Å²) in [6, 6.07) is 10.2. The molecule has 0 unspecified atom stereocenters. The van der Waals surface area contributed by atoms with Crippen molar-refractivity contribution in [2.75, 3.05) is 12.8 Å². The number of methoxy groups -OCH3 is 1. The van der Waals surface area contributed by atoms with Gasteiger partial charge in [0.2, 0.25) is 0 Å². The molecule has 1 aliphatic rings. The lowest BCUT2D eigenvalue weighted by molar-refractivity contribution is 0.00578. The van der Waals surface area contributed by atoms with E-state index in [4.69, 9.17) is 19.8 Å². The van der Waals surface area contributed by atoms with Crippen LogP contribution in [0.1, 0.15) is 74.7 Å². The summed E-state index contributed by atoms with van der Waals surface area (Å²) in [4.78, 5) is 26.7. The summed E-state index contributed by atoms with van der Waals surface area (Å²) in [5.74, 6) is -0.202. The number of nitrogen functional groups attached to an aromatic ring is 1. The van der Waals surface area contributed by atoms with Gasteiger partial charge in [-0.25, -0.2) is 5.01 Å². The van der Waals surface area contributed by atoms with E-state index < -0.39 is 29.8 Å². The Kier molecular flexibility index (Phi) is 6.99. The first-order chi connectivity index (χ1) is 16.1. The molecule has 1 saturated heterocycles. The maximum absolute atomic E-state index is 13.5. The van der Waals surface area contributed by atoms with Gasteiger partial charge in [-0.15, -0.1) is 0 Å². The molecule has 0 bridgehead atoms. The molecule has 3 rings (SSSR count). The highest BCUT2D eigenvalue weighted by atomic mass is 16.7. The fourth-order valence-corrected chi connectivity index (χ4v) is 3.78. The van der Waals surface area contributed by atoms with Crippen molar-refractivity contribution in [2.45, 2.75) is 72.1 Å². The van der Waals surface area contributed by atoms with Crippen molar-refractivity contribution in [2.24, 2.45) is 0 Å². The van der Waals surface area contributed by atoms with Crippen molar-refractivity contribution in [3.63, 3.8) is 0 Å². The highest BCUT2D eigenvalue weighted by Crippen LogP contribution is 2.37. The number of amides is 2. The minimum Gasteiger partial charge on any atom is -0.496 e.